The number of hydrogen-bond acceptors (Lipinski definition) is 5. The SMILES string of the molecule is CC[C@@H](NC(=O)CNc1cccc(-n2cnnn2)c1C)c1ccc(Cl)cc1. The van der Waals surface area contributed by atoms with Gasteiger partial charge < -0.3 is 10.6 Å². The zero-order valence-electron chi connectivity index (χ0n) is 15.2. The summed E-state index contributed by atoms with van der Waals surface area (Å²) in [6.45, 7) is 4.16. The van der Waals surface area contributed by atoms with Crippen LogP contribution in [0.3, 0.4) is 0 Å². The summed E-state index contributed by atoms with van der Waals surface area (Å²) in [6.07, 6.45) is 2.33. The van der Waals surface area contributed by atoms with Crippen LogP contribution in [0.25, 0.3) is 5.69 Å². The van der Waals surface area contributed by atoms with Crippen molar-refractivity contribution in [3.8, 4) is 5.69 Å². The minimum atomic E-state index is -0.0796. The molecule has 3 rings (SSSR count). The lowest BCUT2D eigenvalue weighted by Gasteiger charge is -2.18. The predicted octanol–water partition coefficient (Wildman–Crippen LogP) is 3.30. The summed E-state index contributed by atoms with van der Waals surface area (Å²) in [5, 5.41) is 18.2. The van der Waals surface area contributed by atoms with Gasteiger partial charge in [0.25, 0.3) is 0 Å². The maximum Gasteiger partial charge on any atom is 0.239 e. The van der Waals surface area contributed by atoms with E-state index < -0.39 is 0 Å². The van der Waals surface area contributed by atoms with E-state index in [2.05, 4.69) is 26.2 Å². The number of carbonyl (C=O) groups excluding carboxylic acids is 1. The van der Waals surface area contributed by atoms with Crippen molar-refractivity contribution in [1.82, 2.24) is 25.5 Å². The van der Waals surface area contributed by atoms with E-state index in [1.165, 1.54) is 6.33 Å². The highest BCUT2D eigenvalue weighted by Gasteiger charge is 2.13. The second-order valence-corrected chi connectivity index (χ2v) is 6.57. The summed E-state index contributed by atoms with van der Waals surface area (Å²) < 4.78 is 1.59. The van der Waals surface area contributed by atoms with Crippen molar-refractivity contribution >= 4 is 23.2 Å². The van der Waals surface area contributed by atoms with Crippen LogP contribution >= 0.6 is 11.6 Å². The first-order chi connectivity index (χ1) is 13.1. The van der Waals surface area contributed by atoms with Crippen molar-refractivity contribution in [2.24, 2.45) is 0 Å². The monoisotopic (exact) mass is 384 g/mol. The van der Waals surface area contributed by atoms with E-state index in [0.29, 0.717) is 5.02 Å². The van der Waals surface area contributed by atoms with Gasteiger partial charge in [0.15, 0.2) is 0 Å². The van der Waals surface area contributed by atoms with Crippen molar-refractivity contribution in [2.75, 3.05) is 11.9 Å². The van der Waals surface area contributed by atoms with Crippen LogP contribution in [0.5, 0.6) is 0 Å². The molecular formula is C19H21ClN6O. The number of hydrogen-bond donors (Lipinski definition) is 2. The second kappa shape index (κ2) is 8.64. The average Bonchev–Trinajstić information content (AvgIpc) is 3.20. The molecular weight excluding hydrogens is 364 g/mol. The molecule has 3 aromatic rings. The van der Waals surface area contributed by atoms with Gasteiger partial charge in [0.2, 0.25) is 5.91 Å². The van der Waals surface area contributed by atoms with E-state index in [1.807, 2.05) is 56.3 Å². The molecule has 0 spiro atoms. The number of tetrazole rings is 1. The normalized spacial score (nSPS) is 11.8. The van der Waals surface area contributed by atoms with Crippen molar-refractivity contribution in [2.45, 2.75) is 26.3 Å². The van der Waals surface area contributed by atoms with Crippen molar-refractivity contribution in [3.05, 3.63) is 64.9 Å². The van der Waals surface area contributed by atoms with Gasteiger partial charge in [-0.1, -0.05) is 36.7 Å². The number of nitrogens with zero attached hydrogens (tertiary/aromatic N) is 4. The third-order valence-corrected chi connectivity index (χ3v) is 4.61. The molecule has 2 N–H and O–H groups in total. The van der Waals surface area contributed by atoms with Crippen molar-refractivity contribution in [1.29, 1.82) is 0 Å². The minimum absolute atomic E-state index is 0.0507. The van der Waals surface area contributed by atoms with Crippen LogP contribution in [-0.2, 0) is 4.79 Å². The van der Waals surface area contributed by atoms with E-state index in [4.69, 9.17) is 11.6 Å². The van der Waals surface area contributed by atoms with E-state index >= 15 is 0 Å². The van der Waals surface area contributed by atoms with Gasteiger partial charge in [0.1, 0.15) is 6.33 Å². The van der Waals surface area contributed by atoms with Gasteiger partial charge in [-0.25, -0.2) is 4.68 Å². The third-order valence-electron chi connectivity index (χ3n) is 4.36. The first-order valence-corrected chi connectivity index (χ1v) is 9.08. The third kappa shape index (κ3) is 4.62. The largest absolute Gasteiger partial charge is 0.376 e. The Morgan fingerprint density at radius 1 is 1.22 bits per heavy atom. The second-order valence-electron chi connectivity index (χ2n) is 6.14. The van der Waals surface area contributed by atoms with E-state index in [-0.39, 0.29) is 18.5 Å². The van der Waals surface area contributed by atoms with Crippen LogP contribution in [0, 0.1) is 6.92 Å². The first kappa shape index (κ1) is 18.8. The molecule has 1 heterocycles. The van der Waals surface area contributed by atoms with Crippen molar-refractivity contribution in [3.63, 3.8) is 0 Å². The smallest absolute Gasteiger partial charge is 0.239 e. The Morgan fingerprint density at radius 3 is 2.67 bits per heavy atom. The van der Waals surface area contributed by atoms with Crippen LogP contribution in [0.15, 0.2) is 48.8 Å². The number of benzene rings is 2. The summed E-state index contributed by atoms with van der Waals surface area (Å²) in [5.41, 5.74) is 3.71. The first-order valence-electron chi connectivity index (χ1n) is 8.70. The molecule has 140 valence electrons. The van der Waals surface area contributed by atoms with E-state index in [1.54, 1.807) is 4.68 Å². The topological polar surface area (TPSA) is 84.7 Å². The molecule has 1 atom stereocenters. The predicted molar refractivity (Wildman–Crippen MR) is 105 cm³/mol. The van der Waals surface area contributed by atoms with E-state index in [0.717, 1.165) is 28.9 Å². The van der Waals surface area contributed by atoms with Crippen LogP contribution in [0.4, 0.5) is 5.69 Å². The molecule has 0 unspecified atom stereocenters. The fourth-order valence-electron chi connectivity index (χ4n) is 2.87. The van der Waals surface area contributed by atoms with Gasteiger partial charge in [-0.05, 0) is 59.2 Å². The molecule has 27 heavy (non-hydrogen) atoms. The lowest BCUT2D eigenvalue weighted by molar-refractivity contribution is -0.120. The molecule has 0 radical (unpaired) electrons. The summed E-state index contributed by atoms with van der Waals surface area (Å²) >= 11 is 5.94. The molecule has 2 aromatic carbocycles. The summed E-state index contributed by atoms with van der Waals surface area (Å²) in [4.78, 5) is 12.4. The highest BCUT2D eigenvalue weighted by atomic mass is 35.5. The summed E-state index contributed by atoms with van der Waals surface area (Å²) in [7, 11) is 0. The fraction of sp³-hybridized carbons (Fsp3) is 0.263. The van der Waals surface area contributed by atoms with Crippen LogP contribution in [-0.4, -0.2) is 32.7 Å². The number of nitrogens with one attached hydrogen (secondary N) is 2. The maximum atomic E-state index is 12.4. The number of halogens is 1. The summed E-state index contributed by atoms with van der Waals surface area (Å²) in [5.74, 6) is -0.0796. The molecule has 8 heteroatoms. The molecule has 1 amide bonds. The molecule has 0 saturated heterocycles. The van der Waals surface area contributed by atoms with Gasteiger partial charge in [-0.15, -0.1) is 5.10 Å². The Hall–Kier alpha value is -2.93. The Morgan fingerprint density at radius 2 is 2.00 bits per heavy atom. The van der Waals surface area contributed by atoms with Crippen molar-refractivity contribution < 1.29 is 4.79 Å². The zero-order chi connectivity index (χ0) is 19.2. The number of amides is 1. The molecule has 7 nitrogen and oxygen atoms in total. The highest BCUT2D eigenvalue weighted by molar-refractivity contribution is 6.30. The van der Waals surface area contributed by atoms with Gasteiger partial charge in [0, 0.05) is 10.7 Å². The highest BCUT2D eigenvalue weighted by Crippen LogP contribution is 2.22. The van der Waals surface area contributed by atoms with Gasteiger partial charge >= 0.3 is 0 Å². The zero-order valence-corrected chi connectivity index (χ0v) is 15.9. The standard InChI is InChI=1S/C19H21ClN6O/c1-3-16(14-7-9-15(20)10-8-14)23-19(27)11-21-17-5-4-6-18(13(17)2)26-12-22-24-25-26/h4-10,12,16,21H,3,11H2,1-2H3,(H,23,27)/t16-/m1/s1. The molecule has 1 aromatic heterocycles. The Balaban J connectivity index is 1.63. The van der Waals surface area contributed by atoms with E-state index in [9.17, 15) is 4.79 Å². The number of rotatable bonds is 7. The number of anilines is 1. The summed E-state index contributed by atoms with van der Waals surface area (Å²) in [6, 6.07) is 13.2. The average molecular weight is 385 g/mol. The maximum absolute atomic E-state index is 12.4. The fourth-order valence-corrected chi connectivity index (χ4v) is 3.00. The Labute approximate surface area is 162 Å². The number of carbonyl (C=O) groups is 1. The Kier molecular flexibility index (Phi) is 6.03. The molecule has 0 saturated carbocycles. The van der Waals surface area contributed by atoms with Crippen LogP contribution in [0.2, 0.25) is 5.02 Å². The molecule has 0 aliphatic rings. The van der Waals surface area contributed by atoms with Gasteiger partial charge in [-0.2, -0.15) is 0 Å². The molecule has 0 bridgehead atoms. The molecule has 0 fully saturated rings. The quantitative estimate of drug-likeness (QED) is 0.652. The molecule has 0 aliphatic heterocycles. The van der Waals surface area contributed by atoms with Gasteiger partial charge in [-0.3, -0.25) is 4.79 Å². The lowest BCUT2D eigenvalue weighted by Crippen LogP contribution is -2.33. The lowest BCUT2D eigenvalue weighted by atomic mass is 10.0. The van der Waals surface area contributed by atoms with Crippen LogP contribution in [0.1, 0.15) is 30.5 Å². The minimum Gasteiger partial charge on any atom is -0.376 e. The molecule has 0 aliphatic carbocycles. The Bertz CT molecular complexity index is 895. The van der Waals surface area contributed by atoms with Crippen LogP contribution < -0.4 is 10.6 Å². The van der Waals surface area contributed by atoms with Gasteiger partial charge in [0.05, 0.1) is 18.3 Å². The number of aromatic nitrogens is 4.